The highest BCUT2D eigenvalue weighted by Crippen LogP contribution is 2.43. The largest absolute Gasteiger partial charge is 0.396 e. The summed E-state index contributed by atoms with van der Waals surface area (Å²) in [6.45, 7) is 0. The third-order valence-electron chi connectivity index (χ3n) is 4.43. The number of halogens is 1. The van der Waals surface area contributed by atoms with Gasteiger partial charge >= 0.3 is 0 Å². The number of nitrogens with two attached hydrogens (primary N) is 1. The molecule has 2 aliphatic rings. The fourth-order valence-electron chi connectivity index (χ4n) is 3.31. The van der Waals surface area contributed by atoms with Crippen molar-refractivity contribution in [3.8, 4) is 0 Å². The summed E-state index contributed by atoms with van der Waals surface area (Å²) in [5.41, 5.74) is 5.58. The highest BCUT2D eigenvalue weighted by Gasteiger charge is 2.42. The van der Waals surface area contributed by atoms with Crippen LogP contribution in [0.5, 0.6) is 0 Å². The Bertz CT molecular complexity index is 529. The molecule has 2 fully saturated rings. The number of benzene rings is 1. The van der Waals surface area contributed by atoms with Crippen LogP contribution in [0.15, 0.2) is 23.1 Å². The lowest BCUT2D eigenvalue weighted by molar-refractivity contribution is -0.0270. The van der Waals surface area contributed by atoms with E-state index in [-0.39, 0.29) is 17.4 Å². The summed E-state index contributed by atoms with van der Waals surface area (Å²) < 4.78 is 31.8. The van der Waals surface area contributed by atoms with E-state index in [1.807, 2.05) is 0 Å². The van der Waals surface area contributed by atoms with E-state index in [1.165, 1.54) is 25.0 Å². The first-order valence-electron chi connectivity index (χ1n) is 7.19. The van der Waals surface area contributed by atoms with Crippen LogP contribution in [-0.2, 0) is 15.5 Å². The molecule has 5 heteroatoms. The summed E-state index contributed by atoms with van der Waals surface area (Å²) in [7, 11) is -1.23. The number of hydrogen-bond donors (Lipinski definition) is 1. The first-order valence-corrected chi connectivity index (χ1v) is 8.51. The number of rotatable bonds is 3. The van der Waals surface area contributed by atoms with Crippen molar-refractivity contribution < 1.29 is 13.3 Å². The quantitative estimate of drug-likeness (QED) is 0.873. The number of anilines is 1. The van der Waals surface area contributed by atoms with Crippen LogP contribution in [0.1, 0.15) is 38.5 Å². The predicted octanol–water partition coefficient (Wildman–Crippen LogP) is 3.01. The Morgan fingerprint density at radius 2 is 2.10 bits per heavy atom. The topological polar surface area (TPSA) is 52.3 Å². The molecule has 20 heavy (non-hydrogen) atoms. The molecule has 3 rings (SSSR count). The zero-order valence-electron chi connectivity index (χ0n) is 11.4. The molecule has 2 N–H and O–H groups in total. The second-order valence-electron chi connectivity index (χ2n) is 5.86. The van der Waals surface area contributed by atoms with Gasteiger partial charge in [-0.3, -0.25) is 4.21 Å². The molecule has 1 aliphatic carbocycles. The van der Waals surface area contributed by atoms with E-state index in [0.29, 0.717) is 10.6 Å². The van der Waals surface area contributed by atoms with Crippen LogP contribution in [0.4, 0.5) is 10.1 Å². The Morgan fingerprint density at radius 3 is 2.80 bits per heavy atom. The second kappa shape index (κ2) is 5.45. The summed E-state index contributed by atoms with van der Waals surface area (Å²) in [6, 6.07) is 4.37. The van der Waals surface area contributed by atoms with Gasteiger partial charge in [0.15, 0.2) is 0 Å². The minimum atomic E-state index is -1.23. The first-order chi connectivity index (χ1) is 9.58. The molecular weight excluding hydrogens is 277 g/mol. The fourth-order valence-corrected chi connectivity index (χ4v) is 4.53. The van der Waals surface area contributed by atoms with Crippen LogP contribution < -0.4 is 5.73 Å². The highest BCUT2D eigenvalue weighted by molar-refractivity contribution is 7.85. The molecule has 0 bridgehead atoms. The van der Waals surface area contributed by atoms with E-state index in [2.05, 4.69) is 0 Å². The molecule has 1 heterocycles. The van der Waals surface area contributed by atoms with Gasteiger partial charge in [0.1, 0.15) is 5.82 Å². The van der Waals surface area contributed by atoms with Crippen molar-refractivity contribution in [2.45, 2.75) is 55.1 Å². The zero-order chi connectivity index (χ0) is 14.2. The normalized spacial score (nSPS) is 26.1. The van der Waals surface area contributed by atoms with Gasteiger partial charge in [0.05, 0.1) is 33.9 Å². The van der Waals surface area contributed by atoms with E-state index in [9.17, 15) is 8.60 Å². The summed E-state index contributed by atoms with van der Waals surface area (Å²) >= 11 is 0. The van der Waals surface area contributed by atoms with Crippen LogP contribution in [-0.4, -0.2) is 21.7 Å². The average molecular weight is 297 g/mol. The Labute approximate surface area is 121 Å². The first kappa shape index (κ1) is 14.0. The second-order valence-corrected chi connectivity index (χ2v) is 7.36. The van der Waals surface area contributed by atoms with Crippen molar-refractivity contribution in [3.05, 3.63) is 24.0 Å². The van der Waals surface area contributed by atoms with Crippen LogP contribution in [0, 0.1) is 5.82 Å². The van der Waals surface area contributed by atoms with Crippen LogP contribution in [0.3, 0.4) is 0 Å². The van der Waals surface area contributed by atoms with Gasteiger partial charge < -0.3 is 10.5 Å². The summed E-state index contributed by atoms with van der Waals surface area (Å²) in [5.74, 6) is -0.0547. The molecule has 0 radical (unpaired) electrons. The van der Waals surface area contributed by atoms with E-state index >= 15 is 0 Å². The van der Waals surface area contributed by atoms with Crippen LogP contribution in [0.25, 0.3) is 0 Å². The van der Waals surface area contributed by atoms with Gasteiger partial charge in [-0.2, -0.15) is 0 Å². The SMILES string of the molecule is Nc1ccc(S(=O)CC2CCC3(CCCC3)O2)cc1F. The van der Waals surface area contributed by atoms with Crippen molar-refractivity contribution in [1.82, 2.24) is 0 Å². The number of ether oxygens (including phenoxy) is 1. The van der Waals surface area contributed by atoms with Gasteiger partial charge in [-0.15, -0.1) is 0 Å². The zero-order valence-corrected chi connectivity index (χ0v) is 12.3. The molecule has 1 saturated carbocycles. The van der Waals surface area contributed by atoms with Crippen molar-refractivity contribution in [2.24, 2.45) is 0 Å². The van der Waals surface area contributed by atoms with Crippen molar-refractivity contribution >= 4 is 16.5 Å². The van der Waals surface area contributed by atoms with Crippen LogP contribution in [0.2, 0.25) is 0 Å². The monoisotopic (exact) mass is 297 g/mol. The van der Waals surface area contributed by atoms with Crippen molar-refractivity contribution in [2.75, 3.05) is 11.5 Å². The molecule has 1 aromatic rings. The smallest absolute Gasteiger partial charge is 0.147 e. The minimum Gasteiger partial charge on any atom is -0.396 e. The minimum absolute atomic E-state index is 0.0366. The number of hydrogen-bond acceptors (Lipinski definition) is 3. The Morgan fingerprint density at radius 1 is 1.35 bits per heavy atom. The molecular formula is C15H20FNO2S. The van der Waals surface area contributed by atoms with Gasteiger partial charge in [-0.1, -0.05) is 12.8 Å². The lowest BCUT2D eigenvalue weighted by Gasteiger charge is -2.23. The molecule has 0 aromatic heterocycles. The van der Waals surface area contributed by atoms with Crippen LogP contribution >= 0.6 is 0 Å². The average Bonchev–Trinajstić information content (AvgIpc) is 3.04. The maximum atomic E-state index is 13.4. The maximum absolute atomic E-state index is 13.4. The van der Waals surface area contributed by atoms with Crippen molar-refractivity contribution in [3.63, 3.8) is 0 Å². The molecule has 0 amide bonds. The summed E-state index contributed by atoms with van der Waals surface area (Å²) in [6.07, 6.45) is 6.81. The molecule has 2 unspecified atom stereocenters. The lowest BCUT2D eigenvalue weighted by Crippen LogP contribution is -2.27. The van der Waals surface area contributed by atoms with Gasteiger partial charge in [0.2, 0.25) is 0 Å². The molecule has 1 spiro atoms. The van der Waals surface area contributed by atoms with Crippen molar-refractivity contribution in [1.29, 1.82) is 0 Å². The molecule has 1 aliphatic heterocycles. The summed E-state index contributed by atoms with van der Waals surface area (Å²) in [4.78, 5) is 0.493. The Balaban J connectivity index is 1.63. The molecule has 2 atom stereocenters. The molecule has 1 aromatic carbocycles. The number of nitrogen functional groups attached to an aromatic ring is 1. The highest BCUT2D eigenvalue weighted by atomic mass is 32.2. The van der Waals surface area contributed by atoms with Gasteiger partial charge in [0.25, 0.3) is 0 Å². The van der Waals surface area contributed by atoms with Gasteiger partial charge in [0, 0.05) is 4.90 Å². The van der Waals surface area contributed by atoms with Gasteiger partial charge in [-0.25, -0.2) is 4.39 Å². The van der Waals surface area contributed by atoms with E-state index in [0.717, 1.165) is 25.7 Å². The molecule has 110 valence electrons. The third-order valence-corrected chi connectivity index (χ3v) is 5.88. The summed E-state index contributed by atoms with van der Waals surface area (Å²) in [5, 5.41) is 0. The fraction of sp³-hybridized carbons (Fsp3) is 0.600. The van der Waals surface area contributed by atoms with E-state index in [1.54, 1.807) is 6.07 Å². The van der Waals surface area contributed by atoms with Gasteiger partial charge in [-0.05, 0) is 43.9 Å². The van der Waals surface area contributed by atoms with E-state index in [4.69, 9.17) is 10.5 Å². The third kappa shape index (κ3) is 2.74. The molecule has 1 saturated heterocycles. The molecule has 3 nitrogen and oxygen atoms in total. The lowest BCUT2D eigenvalue weighted by atomic mass is 9.98. The Kier molecular flexibility index (Phi) is 3.82. The maximum Gasteiger partial charge on any atom is 0.147 e. The van der Waals surface area contributed by atoms with E-state index < -0.39 is 16.6 Å². The predicted molar refractivity (Wildman–Crippen MR) is 77.4 cm³/mol. The standard InChI is InChI=1S/C15H20FNO2S/c16-13-9-12(3-4-14(13)17)20(18)10-11-5-8-15(19-11)6-1-2-7-15/h3-4,9,11H,1-2,5-8,10,17H2. The Hall–Kier alpha value is -0.940.